The number of rotatable bonds is 6. The summed E-state index contributed by atoms with van der Waals surface area (Å²) in [6.45, 7) is 11.2. The van der Waals surface area contributed by atoms with E-state index < -0.39 is 0 Å². The molecule has 3 aliphatic rings. The predicted octanol–water partition coefficient (Wildman–Crippen LogP) is 2.72. The lowest BCUT2D eigenvalue weighted by Crippen LogP contribution is -2.52. The smallest absolute Gasteiger partial charge is 0.0113 e. The monoisotopic (exact) mass is 293 g/mol. The Bertz CT molecular complexity index is 298. The Labute approximate surface area is 131 Å². The third-order valence-electron chi connectivity index (χ3n) is 5.94. The maximum atomic E-state index is 3.68. The van der Waals surface area contributed by atoms with Crippen molar-refractivity contribution < 1.29 is 0 Å². The van der Waals surface area contributed by atoms with Crippen molar-refractivity contribution in [1.29, 1.82) is 0 Å². The van der Waals surface area contributed by atoms with Gasteiger partial charge in [0.15, 0.2) is 0 Å². The summed E-state index contributed by atoms with van der Waals surface area (Å²) in [5.41, 5.74) is 0.564. The Morgan fingerprint density at radius 3 is 2.19 bits per heavy atom. The molecule has 122 valence electrons. The van der Waals surface area contributed by atoms with Crippen molar-refractivity contribution in [3.63, 3.8) is 0 Å². The molecule has 0 aromatic heterocycles. The van der Waals surface area contributed by atoms with Gasteiger partial charge in [0.1, 0.15) is 0 Å². The van der Waals surface area contributed by atoms with E-state index in [1.54, 1.807) is 0 Å². The highest BCUT2D eigenvalue weighted by Gasteiger charge is 2.35. The molecule has 0 atom stereocenters. The Hall–Kier alpha value is -0.120. The fraction of sp³-hybridized carbons (Fsp3) is 1.00. The molecule has 0 amide bonds. The second-order valence-electron chi connectivity index (χ2n) is 7.74. The molecule has 3 rings (SSSR count). The maximum absolute atomic E-state index is 3.68. The molecule has 3 heteroatoms. The third-order valence-corrected chi connectivity index (χ3v) is 5.94. The standard InChI is InChI=1S/C18H35N3/c1-2-19-15-18(9-5-3-4-6-10-18)16-20-11-13-21(14-12-20)17-7-8-17/h17,19H,2-16H2,1H3. The molecule has 0 radical (unpaired) electrons. The van der Waals surface area contributed by atoms with Gasteiger partial charge in [0.05, 0.1) is 0 Å². The molecule has 2 saturated carbocycles. The first-order valence-electron chi connectivity index (χ1n) is 9.48. The van der Waals surface area contributed by atoms with E-state index >= 15 is 0 Å². The summed E-state index contributed by atoms with van der Waals surface area (Å²) in [5.74, 6) is 0. The first-order valence-corrected chi connectivity index (χ1v) is 9.48. The van der Waals surface area contributed by atoms with Gasteiger partial charge in [-0.05, 0) is 37.6 Å². The average molecular weight is 293 g/mol. The summed E-state index contributed by atoms with van der Waals surface area (Å²) in [6.07, 6.45) is 11.6. The summed E-state index contributed by atoms with van der Waals surface area (Å²) in [7, 11) is 0. The fourth-order valence-electron chi connectivity index (χ4n) is 4.46. The van der Waals surface area contributed by atoms with Crippen molar-refractivity contribution in [3.05, 3.63) is 0 Å². The van der Waals surface area contributed by atoms with Gasteiger partial charge in [-0.2, -0.15) is 0 Å². The van der Waals surface area contributed by atoms with Crippen LogP contribution in [0.4, 0.5) is 0 Å². The normalized spacial score (nSPS) is 28.4. The van der Waals surface area contributed by atoms with Gasteiger partial charge < -0.3 is 10.2 Å². The van der Waals surface area contributed by atoms with Gasteiger partial charge in [0.25, 0.3) is 0 Å². The SMILES string of the molecule is CCNCC1(CN2CCN(C3CC3)CC2)CCCCCC1. The Morgan fingerprint density at radius 2 is 1.62 bits per heavy atom. The molecule has 1 aliphatic heterocycles. The average Bonchev–Trinajstić information content (AvgIpc) is 3.34. The molecule has 0 unspecified atom stereocenters. The van der Waals surface area contributed by atoms with Crippen molar-refractivity contribution in [1.82, 2.24) is 15.1 Å². The van der Waals surface area contributed by atoms with Crippen LogP contribution in [-0.4, -0.2) is 61.7 Å². The molecule has 1 saturated heterocycles. The number of piperazine rings is 1. The van der Waals surface area contributed by atoms with Crippen LogP contribution < -0.4 is 5.32 Å². The number of hydrogen-bond acceptors (Lipinski definition) is 3. The highest BCUT2D eigenvalue weighted by Crippen LogP contribution is 2.36. The van der Waals surface area contributed by atoms with E-state index in [-0.39, 0.29) is 0 Å². The molecule has 0 spiro atoms. The van der Waals surface area contributed by atoms with Crippen LogP contribution in [0.25, 0.3) is 0 Å². The molecule has 0 bridgehead atoms. The van der Waals surface area contributed by atoms with Crippen molar-refractivity contribution in [2.24, 2.45) is 5.41 Å². The highest BCUT2D eigenvalue weighted by molar-refractivity contribution is 4.91. The van der Waals surface area contributed by atoms with E-state index in [1.165, 1.54) is 90.6 Å². The molecule has 2 aliphatic carbocycles. The van der Waals surface area contributed by atoms with Crippen LogP contribution >= 0.6 is 0 Å². The highest BCUT2D eigenvalue weighted by atomic mass is 15.3. The van der Waals surface area contributed by atoms with Gasteiger partial charge in [0.2, 0.25) is 0 Å². The largest absolute Gasteiger partial charge is 0.316 e. The summed E-state index contributed by atoms with van der Waals surface area (Å²) in [4.78, 5) is 5.52. The lowest BCUT2D eigenvalue weighted by Gasteiger charge is -2.42. The fourth-order valence-corrected chi connectivity index (χ4v) is 4.46. The summed E-state index contributed by atoms with van der Waals surface area (Å²) < 4.78 is 0. The van der Waals surface area contributed by atoms with Crippen LogP contribution in [0, 0.1) is 5.41 Å². The summed E-state index contributed by atoms with van der Waals surface area (Å²) in [6, 6.07) is 0.959. The molecule has 21 heavy (non-hydrogen) atoms. The van der Waals surface area contributed by atoms with E-state index in [1.807, 2.05) is 0 Å². The Morgan fingerprint density at radius 1 is 0.952 bits per heavy atom. The van der Waals surface area contributed by atoms with E-state index in [0.717, 1.165) is 12.6 Å². The third kappa shape index (κ3) is 4.43. The minimum Gasteiger partial charge on any atom is -0.316 e. The summed E-state index contributed by atoms with van der Waals surface area (Å²) >= 11 is 0. The maximum Gasteiger partial charge on any atom is 0.0113 e. The van der Waals surface area contributed by atoms with Gasteiger partial charge in [0, 0.05) is 45.3 Å². The second kappa shape index (κ2) is 7.43. The number of hydrogen-bond donors (Lipinski definition) is 1. The van der Waals surface area contributed by atoms with Crippen molar-refractivity contribution in [2.75, 3.05) is 45.8 Å². The quantitative estimate of drug-likeness (QED) is 0.760. The van der Waals surface area contributed by atoms with Crippen LogP contribution in [0.5, 0.6) is 0 Å². The topological polar surface area (TPSA) is 18.5 Å². The molecule has 0 aromatic carbocycles. The zero-order valence-corrected chi connectivity index (χ0v) is 14.1. The minimum absolute atomic E-state index is 0.564. The van der Waals surface area contributed by atoms with Gasteiger partial charge in [-0.1, -0.05) is 32.6 Å². The molecular formula is C18H35N3. The van der Waals surface area contributed by atoms with Crippen LogP contribution in [0.3, 0.4) is 0 Å². The van der Waals surface area contributed by atoms with Crippen molar-refractivity contribution in [2.45, 2.75) is 64.3 Å². The van der Waals surface area contributed by atoms with E-state index in [9.17, 15) is 0 Å². The second-order valence-corrected chi connectivity index (χ2v) is 7.74. The molecule has 3 fully saturated rings. The number of nitrogens with one attached hydrogen (secondary N) is 1. The van der Waals surface area contributed by atoms with Gasteiger partial charge >= 0.3 is 0 Å². The van der Waals surface area contributed by atoms with Crippen LogP contribution in [0.15, 0.2) is 0 Å². The Kier molecular flexibility index (Phi) is 5.58. The predicted molar refractivity (Wildman–Crippen MR) is 89.7 cm³/mol. The van der Waals surface area contributed by atoms with Crippen LogP contribution in [0.1, 0.15) is 58.3 Å². The van der Waals surface area contributed by atoms with E-state index in [4.69, 9.17) is 0 Å². The lowest BCUT2D eigenvalue weighted by molar-refractivity contribution is 0.0718. The zero-order chi connectivity index (χ0) is 14.5. The molecule has 1 heterocycles. The lowest BCUT2D eigenvalue weighted by atomic mass is 9.79. The molecule has 0 aromatic rings. The zero-order valence-electron chi connectivity index (χ0n) is 14.1. The van der Waals surface area contributed by atoms with Gasteiger partial charge in [-0.25, -0.2) is 0 Å². The number of nitrogens with zero attached hydrogens (tertiary/aromatic N) is 2. The minimum atomic E-state index is 0.564. The van der Waals surface area contributed by atoms with Crippen LogP contribution in [-0.2, 0) is 0 Å². The van der Waals surface area contributed by atoms with E-state index in [2.05, 4.69) is 22.0 Å². The van der Waals surface area contributed by atoms with Gasteiger partial charge in [-0.15, -0.1) is 0 Å². The Balaban J connectivity index is 1.53. The van der Waals surface area contributed by atoms with E-state index in [0.29, 0.717) is 5.41 Å². The van der Waals surface area contributed by atoms with Crippen molar-refractivity contribution in [3.8, 4) is 0 Å². The van der Waals surface area contributed by atoms with Crippen LogP contribution in [0.2, 0.25) is 0 Å². The first-order chi connectivity index (χ1) is 10.3. The summed E-state index contributed by atoms with van der Waals surface area (Å²) in [5, 5.41) is 3.68. The first kappa shape index (κ1) is 15.8. The molecule has 3 nitrogen and oxygen atoms in total. The van der Waals surface area contributed by atoms with Crippen molar-refractivity contribution >= 4 is 0 Å². The molecule has 1 N–H and O–H groups in total. The molecular weight excluding hydrogens is 258 g/mol. The van der Waals surface area contributed by atoms with Gasteiger partial charge in [-0.3, -0.25) is 4.90 Å².